The van der Waals surface area contributed by atoms with Crippen LogP contribution in [0, 0.1) is 25.2 Å². The van der Waals surface area contributed by atoms with Gasteiger partial charge in [0.15, 0.2) is 0 Å². The molecule has 2 aromatic heterocycles. The van der Waals surface area contributed by atoms with Gasteiger partial charge < -0.3 is 10.1 Å². The standard InChI is InChI=1S/C21H18N4O3/c1-13-7-8-17(14(2)10-13)28-20-16(11-15(12-22)19(26)23-3)21(27)25-9-5-4-6-18(25)24-20/h4-11H,1-3H3,(H,23,26). The first-order valence-electron chi connectivity index (χ1n) is 8.55. The molecule has 0 saturated heterocycles. The predicted octanol–water partition coefficient (Wildman–Crippen LogP) is 2.76. The molecule has 1 amide bonds. The van der Waals surface area contributed by atoms with Gasteiger partial charge in [0.2, 0.25) is 5.88 Å². The molecule has 1 aromatic carbocycles. The number of ether oxygens (including phenoxy) is 1. The molecule has 0 bridgehead atoms. The van der Waals surface area contributed by atoms with Gasteiger partial charge in [0, 0.05) is 13.2 Å². The third kappa shape index (κ3) is 3.62. The van der Waals surface area contributed by atoms with Crippen LogP contribution in [0.15, 0.2) is 53.0 Å². The zero-order chi connectivity index (χ0) is 20.3. The van der Waals surface area contributed by atoms with Gasteiger partial charge in [-0.05, 0) is 43.7 Å². The second-order valence-corrected chi connectivity index (χ2v) is 6.18. The summed E-state index contributed by atoms with van der Waals surface area (Å²) in [6.07, 6.45) is 2.77. The molecule has 0 aliphatic rings. The number of nitriles is 1. The monoisotopic (exact) mass is 374 g/mol. The van der Waals surface area contributed by atoms with E-state index in [2.05, 4.69) is 10.3 Å². The van der Waals surface area contributed by atoms with Crippen LogP contribution in [0.25, 0.3) is 11.7 Å². The molecule has 28 heavy (non-hydrogen) atoms. The second kappa shape index (κ2) is 7.76. The second-order valence-electron chi connectivity index (χ2n) is 6.18. The molecule has 0 spiro atoms. The van der Waals surface area contributed by atoms with Crippen molar-refractivity contribution >= 4 is 17.6 Å². The number of amides is 1. The Morgan fingerprint density at radius 2 is 2.07 bits per heavy atom. The summed E-state index contributed by atoms with van der Waals surface area (Å²) in [7, 11) is 1.41. The molecule has 0 aliphatic carbocycles. The third-order valence-corrected chi connectivity index (χ3v) is 4.15. The third-order valence-electron chi connectivity index (χ3n) is 4.15. The Bertz CT molecular complexity index is 1200. The number of carbonyl (C=O) groups is 1. The van der Waals surface area contributed by atoms with Crippen LogP contribution in [0.2, 0.25) is 0 Å². The molecular weight excluding hydrogens is 356 g/mol. The fraction of sp³-hybridized carbons (Fsp3) is 0.143. The van der Waals surface area contributed by atoms with Crippen molar-refractivity contribution in [2.75, 3.05) is 7.05 Å². The first-order valence-corrected chi connectivity index (χ1v) is 8.55. The SMILES string of the molecule is CNC(=O)C(C#N)=Cc1c(Oc2ccc(C)cc2C)nc2ccccn2c1=O. The lowest BCUT2D eigenvalue weighted by atomic mass is 10.1. The lowest BCUT2D eigenvalue weighted by molar-refractivity contribution is -0.116. The number of benzene rings is 1. The summed E-state index contributed by atoms with van der Waals surface area (Å²) in [5.74, 6) is -0.0387. The van der Waals surface area contributed by atoms with E-state index in [1.165, 1.54) is 17.5 Å². The van der Waals surface area contributed by atoms with Crippen LogP contribution in [-0.2, 0) is 4.79 Å². The number of hydrogen-bond donors (Lipinski definition) is 1. The molecule has 0 fully saturated rings. The van der Waals surface area contributed by atoms with Gasteiger partial charge in [-0.2, -0.15) is 10.2 Å². The van der Waals surface area contributed by atoms with E-state index in [4.69, 9.17) is 4.74 Å². The highest BCUT2D eigenvalue weighted by Gasteiger charge is 2.17. The van der Waals surface area contributed by atoms with Crippen LogP contribution in [0.3, 0.4) is 0 Å². The summed E-state index contributed by atoms with van der Waals surface area (Å²) in [6, 6.07) is 12.5. The summed E-state index contributed by atoms with van der Waals surface area (Å²) < 4.78 is 7.27. The van der Waals surface area contributed by atoms with Gasteiger partial charge in [-0.3, -0.25) is 14.0 Å². The molecule has 0 unspecified atom stereocenters. The van der Waals surface area contributed by atoms with Gasteiger partial charge >= 0.3 is 0 Å². The maximum atomic E-state index is 13.0. The van der Waals surface area contributed by atoms with Crippen molar-refractivity contribution in [3.63, 3.8) is 0 Å². The molecule has 3 rings (SSSR count). The van der Waals surface area contributed by atoms with Crippen LogP contribution in [0.5, 0.6) is 11.6 Å². The zero-order valence-corrected chi connectivity index (χ0v) is 15.7. The van der Waals surface area contributed by atoms with Crippen LogP contribution in [0.4, 0.5) is 0 Å². The van der Waals surface area contributed by atoms with Crippen molar-refractivity contribution in [3.8, 4) is 17.7 Å². The summed E-state index contributed by atoms with van der Waals surface area (Å²) in [4.78, 5) is 29.3. The Hall–Kier alpha value is -3.92. The van der Waals surface area contributed by atoms with Crippen LogP contribution in [-0.4, -0.2) is 22.3 Å². The fourth-order valence-electron chi connectivity index (χ4n) is 2.73. The Balaban J connectivity index is 2.25. The number of likely N-dealkylation sites (N-methyl/N-ethyl adjacent to an activating group) is 1. The maximum Gasteiger partial charge on any atom is 0.269 e. The molecule has 0 radical (unpaired) electrons. The minimum atomic E-state index is -0.600. The lowest BCUT2D eigenvalue weighted by Crippen LogP contribution is -2.22. The number of nitrogens with one attached hydrogen (secondary N) is 1. The van der Waals surface area contributed by atoms with Gasteiger partial charge in [0.05, 0.1) is 0 Å². The Morgan fingerprint density at radius 1 is 1.29 bits per heavy atom. The van der Waals surface area contributed by atoms with Crippen LogP contribution in [0.1, 0.15) is 16.7 Å². The predicted molar refractivity (Wildman–Crippen MR) is 105 cm³/mol. The number of aryl methyl sites for hydroxylation is 2. The highest BCUT2D eigenvalue weighted by Crippen LogP contribution is 2.27. The summed E-state index contributed by atoms with van der Waals surface area (Å²) >= 11 is 0. The van der Waals surface area contributed by atoms with Crippen molar-refractivity contribution in [2.45, 2.75) is 13.8 Å². The van der Waals surface area contributed by atoms with Gasteiger partial charge in [0.1, 0.15) is 28.6 Å². The summed E-state index contributed by atoms with van der Waals surface area (Å²) in [6.45, 7) is 3.85. The van der Waals surface area contributed by atoms with Crippen LogP contribution >= 0.6 is 0 Å². The van der Waals surface area contributed by atoms with Crippen molar-refractivity contribution < 1.29 is 9.53 Å². The molecule has 0 saturated carbocycles. The molecule has 2 heterocycles. The highest BCUT2D eigenvalue weighted by atomic mass is 16.5. The Morgan fingerprint density at radius 3 is 2.75 bits per heavy atom. The number of aromatic nitrogens is 2. The zero-order valence-electron chi connectivity index (χ0n) is 15.7. The highest BCUT2D eigenvalue weighted by molar-refractivity contribution is 6.01. The number of carbonyl (C=O) groups excluding carboxylic acids is 1. The minimum absolute atomic E-state index is 0.0174. The van der Waals surface area contributed by atoms with E-state index < -0.39 is 11.5 Å². The largest absolute Gasteiger partial charge is 0.438 e. The maximum absolute atomic E-state index is 13.0. The number of fused-ring (bicyclic) bond motifs is 1. The lowest BCUT2D eigenvalue weighted by Gasteiger charge is -2.12. The summed E-state index contributed by atoms with van der Waals surface area (Å²) in [5.41, 5.74) is 1.69. The molecule has 0 aliphatic heterocycles. The van der Waals surface area contributed by atoms with E-state index in [0.717, 1.165) is 11.1 Å². The Labute approximate surface area is 161 Å². The molecule has 0 atom stereocenters. The Kier molecular flexibility index (Phi) is 5.23. The van der Waals surface area contributed by atoms with Crippen molar-refractivity contribution in [3.05, 3.63) is 75.2 Å². The molecule has 7 heteroatoms. The number of nitrogens with zero attached hydrogens (tertiary/aromatic N) is 3. The van der Waals surface area contributed by atoms with E-state index in [1.54, 1.807) is 36.5 Å². The number of rotatable bonds is 4. The van der Waals surface area contributed by atoms with Crippen molar-refractivity contribution in [1.82, 2.24) is 14.7 Å². The van der Waals surface area contributed by atoms with Gasteiger partial charge in [0.25, 0.3) is 11.5 Å². The van der Waals surface area contributed by atoms with E-state index in [1.807, 2.05) is 26.0 Å². The average Bonchev–Trinajstić information content (AvgIpc) is 2.69. The van der Waals surface area contributed by atoms with Crippen molar-refractivity contribution in [2.24, 2.45) is 0 Å². The van der Waals surface area contributed by atoms with E-state index >= 15 is 0 Å². The van der Waals surface area contributed by atoms with Crippen molar-refractivity contribution in [1.29, 1.82) is 5.26 Å². The molecule has 140 valence electrons. The molecule has 7 nitrogen and oxygen atoms in total. The molecule has 1 N–H and O–H groups in total. The number of pyridine rings is 1. The first kappa shape index (κ1) is 18.9. The summed E-state index contributed by atoms with van der Waals surface area (Å²) in [5, 5.41) is 11.7. The fourth-order valence-corrected chi connectivity index (χ4v) is 2.73. The average molecular weight is 374 g/mol. The van der Waals surface area contributed by atoms with Crippen LogP contribution < -0.4 is 15.6 Å². The van der Waals surface area contributed by atoms with Gasteiger partial charge in [-0.25, -0.2) is 0 Å². The van der Waals surface area contributed by atoms with E-state index in [9.17, 15) is 14.9 Å². The quantitative estimate of drug-likeness (QED) is 0.559. The number of hydrogen-bond acceptors (Lipinski definition) is 5. The first-order chi connectivity index (χ1) is 13.4. The molecular formula is C21H18N4O3. The smallest absolute Gasteiger partial charge is 0.269 e. The topological polar surface area (TPSA) is 96.5 Å². The minimum Gasteiger partial charge on any atom is -0.438 e. The molecule has 3 aromatic rings. The van der Waals surface area contributed by atoms with Gasteiger partial charge in [-0.1, -0.05) is 23.8 Å². The normalized spacial score (nSPS) is 11.1. The van der Waals surface area contributed by atoms with E-state index in [-0.39, 0.29) is 17.0 Å². The van der Waals surface area contributed by atoms with Gasteiger partial charge in [-0.15, -0.1) is 0 Å². The van der Waals surface area contributed by atoms with E-state index in [0.29, 0.717) is 11.4 Å².